The van der Waals surface area contributed by atoms with E-state index in [0.29, 0.717) is 0 Å². The number of hydrogen-bond donors (Lipinski definition) is 3. The first-order chi connectivity index (χ1) is 17.1. The first-order valence-electron chi connectivity index (χ1n) is 10.7. The summed E-state index contributed by atoms with van der Waals surface area (Å²) in [5.74, 6) is -1.36. The highest BCUT2D eigenvalue weighted by Gasteiger charge is 2.40. The molecular weight excluding hydrogens is 493 g/mol. The van der Waals surface area contributed by atoms with Crippen LogP contribution in [0.5, 0.6) is 5.75 Å². The fourth-order valence-corrected chi connectivity index (χ4v) is 5.08. The van der Waals surface area contributed by atoms with Gasteiger partial charge in [-0.15, -0.1) is 0 Å². The smallest absolute Gasteiger partial charge is 0.409 e. The minimum Gasteiger partial charge on any atom is -0.484 e. The number of carbonyl (C=O) groups is 2. The molecule has 1 heterocycles. The number of carbonyl (C=O) groups excluding carboxylic acids is 1. The Morgan fingerprint density at radius 2 is 1.83 bits per heavy atom. The van der Waals surface area contributed by atoms with Crippen molar-refractivity contribution in [3.8, 4) is 5.75 Å². The Morgan fingerprint density at radius 1 is 1.14 bits per heavy atom. The number of ether oxygens (including phenoxy) is 2. The van der Waals surface area contributed by atoms with Gasteiger partial charge in [0.15, 0.2) is 0 Å². The maximum absolute atomic E-state index is 13.5. The third kappa shape index (κ3) is 5.39. The van der Waals surface area contributed by atoms with Crippen molar-refractivity contribution < 1.29 is 37.0 Å². The lowest BCUT2D eigenvalue weighted by Gasteiger charge is -2.37. The molecule has 4 rings (SSSR count). The molecule has 3 aromatic rings. The molecule has 3 aromatic carbocycles. The number of rotatable bonds is 7. The lowest BCUT2D eigenvalue weighted by molar-refractivity contribution is -0.148. The third-order valence-electron chi connectivity index (χ3n) is 5.40. The zero-order valence-corrected chi connectivity index (χ0v) is 19.5. The molecule has 2 atom stereocenters. The molecule has 1 amide bonds. The van der Waals surface area contributed by atoms with Crippen LogP contribution in [0, 0.1) is 5.82 Å². The van der Waals surface area contributed by atoms with Gasteiger partial charge in [-0.05, 0) is 48.0 Å². The highest BCUT2D eigenvalue weighted by Crippen LogP contribution is 2.39. The van der Waals surface area contributed by atoms with Gasteiger partial charge in [-0.25, -0.2) is 17.6 Å². The summed E-state index contributed by atoms with van der Waals surface area (Å²) in [5, 5.41) is 11.2. The van der Waals surface area contributed by atoms with Crippen LogP contribution in [0.2, 0.25) is 0 Å². The van der Waals surface area contributed by atoms with E-state index in [4.69, 9.17) is 20.3 Å². The lowest BCUT2D eigenvalue weighted by Crippen LogP contribution is -2.54. The van der Waals surface area contributed by atoms with Crippen molar-refractivity contribution >= 4 is 33.5 Å². The molecule has 188 valence electrons. The van der Waals surface area contributed by atoms with Crippen molar-refractivity contribution in [2.45, 2.75) is 23.6 Å². The highest BCUT2D eigenvalue weighted by molar-refractivity contribution is 7.92. The molecule has 1 aliphatic rings. The van der Waals surface area contributed by atoms with Crippen molar-refractivity contribution in [2.24, 2.45) is 5.73 Å². The van der Waals surface area contributed by atoms with E-state index in [2.05, 4.69) is 5.32 Å². The first kappa shape index (κ1) is 24.9. The molecule has 36 heavy (non-hydrogen) atoms. The van der Waals surface area contributed by atoms with E-state index in [0.717, 1.165) is 34.1 Å². The maximum atomic E-state index is 13.5. The van der Waals surface area contributed by atoms with Crippen LogP contribution in [0.15, 0.2) is 77.7 Å². The molecule has 0 aliphatic carbocycles. The zero-order valence-electron chi connectivity index (χ0n) is 18.7. The van der Waals surface area contributed by atoms with Crippen LogP contribution in [0.1, 0.15) is 5.56 Å². The summed E-state index contributed by atoms with van der Waals surface area (Å²) >= 11 is 0. The SMILES string of the molecule is NC(C(=O)OCc1ccccc1)C1CN(S(=O)(=O)c2ccc(F)cc2)c2cc(NC(=O)O)ccc2O1. The number of carboxylic acid groups (broad SMARTS) is 1. The van der Waals surface area contributed by atoms with Gasteiger partial charge in [-0.2, -0.15) is 0 Å². The van der Waals surface area contributed by atoms with Gasteiger partial charge < -0.3 is 20.3 Å². The number of anilines is 2. The van der Waals surface area contributed by atoms with E-state index in [-0.39, 0.29) is 35.2 Å². The number of nitrogens with two attached hydrogens (primary N) is 1. The number of fused-ring (bicyclic) bond motifs is 1. The van der Waals surface area contributed by atoms with Crippen molar-refractivity contribution in [3.63, 3.8) is 0 Å². The average molecular weight is 516 g/mol. The number of nitrogens with one attached hydrogen (secondary N) is 1. The molecule has 0 spiro atoms. The van der Waals surface area contributed by atoms with Crippen LogP contribution in [0.3, 0.4) is 0 Å². The molecule has 0 saturated heterocycles. The van der Waals surface area contributed by atoms with Crippen LogP contribution in [-0.4, -0.2) is 44.3 Å². The quantitative estimate of drug-likeness (QED) is 0.407. The second kappa shape index (κ2) is 10.2. The Morgan fingerprint density at radius 3 is 2.50 bits per heavy atom. The van der Waals surface area contributed by atoms with E-state index in [1.165, 1.54) is 18.2 Å². The minimum atomic E-state index is -4.28. The first-order valence-corrected chi connectivity index (χ1v) is 12.1. The maximum Gasteiger partial charge on any atom is 0.409 e. The number of sulfonamides is 1. The summed E-state index contributed by atoms with van der Waals surface area (Å²) in [6.45, 7) is -0.413. The molecular formula is C24H22FN3O7S. The summed E-state index contributed by atoms with van der Waals surface area (Å²) in [5.41, 5.74) is 6.97. The van der Waals surface area contributed by atoms with E-state index in [9.17, 15) is 22.4 Å². The number of nitrogens with zero attached hydrogens (tertiary/aromatic N) is 1. The van der Waals surface area contributed by atoms with Crippen molar-refractivity contribution in [3.05, 3.63) is 84.2 Å². The summed E-state index contributed by atoms with van der Waals surface area (Å²) < 4.78 is 52.5. The second-order valence-corrected chi connectivity index (χ2v) is 9.74. The van der Waals surface area contributed by atoms with Crippen molar-refractivity contribution in [1.82, 2.24) is 0 Å². The van der Waals surface area contributed by atoms with Gasteiger partial charge in [0.1, 0.15) is 30.3 Å². The fraction of sp³-hybridized carbons (Fsp3) is 0.167. The molecule has 0 fully saturated rings. The van der Waals surface area contributed by atoms with Gasteiger partial charge >= 0.3 is 12.1 Å². The molecule has 4 N–H and O–H groups in total. The number of halogens is 1. The van der Waals surface area contributed by atoms with Crippen LogP contribution < -0.4 is 20.1 Å². The summed E-state index contributed by atoms with van der Waals surface area (Å²) in [7, 11) is -4.28. The molecule has 10 nitrogen and oxygen atoms in total. The largest absolute Gasteiger partial charge is 0.484 e. The lowest BCUT2D eigenvalue weighted by atomic mass is 10.1. The number of esters is 1. The molecule has 1 aliphatic heterocycles. The second-order valence-electron chi connectivity index (χ2n) is 7.88. The van der Waals surface area contributed by atoms with Crippen molar-refractivity contribution in [2.75, 3.05) is 16.2 Å². The van der Waals surface area contributed by atoms with Crippen LogP contribution >= 0.6 is 0 Å². The van der Waals surface area contributed by atoms with E-state index in [1.54, 1.807) is 24.3 Å². The molecule has 12 heteroatoms. The van der Waals surface area contributed by atoms with Gasteiger partial charge in [-0.3, -0.25) is 14.4 Å². The van der Waals surface area contributed by atoms with Gasteiger partial charge in [0.05, 0.1) is 17.1 Å². The van der Waals surface area contributed by atoms with Gasteiger partial charge in [0, 0.05) is 5.69 Å². The number of hydrogen-bond acceptors (Lipinski definition) is 7. The fourth-order valence-electron chi connectivity index (χ4n) is 3.60. The number of amides is 1. The van der Waals surface area contributed by atoms with Crippen LogP contribution in [0.25, 0.3) is 0 Å². The topological polar surface area (TPSA) is 148 Å². The highest BCUT2D eigenvalue weighted by atomic mass is 32.2. The van der Waals surface area contributed by atoms with Crippen molar-refractivity contribution in [1.29, 1.82) is 0 Å². The average Bonchev–Trinajstić information content (AvgIpc) is 2.86. The van der Waals surface area contributed by atoms with Gasteiger partial charge in [0.2, 0.25) is 0 Å². The Kier molecular flexibility index (Phi) is 7.08. The molecule has 0 aromatic heterocycles. The normalized spacial score (nSPS) is 15.8. The predicted octanol–water partition coefficient (Wildman–Crippen LogP) is 2.94. The Balaban J connectivity index is 1.64. The predicted molar refractivity (Wildman–Crippen MR) is 128 cm³/mol. The molecule has 0 radical (unpaired) electrons. The standard InChI is InChI=1S/C24H22FN3O7S/c25-16-6-9-18(10-7-16)36(32,33)28-13-21(22(26)23(29)34-14-15-4-2-1-3-5-15)35-20-11-8-17(12-19(20)28)27-24(30)31/h1-12,21-22,27H,13-14,26H2,(H,30,31). The molecule has 0 bridgehead atoms. The van der Waals surface area contributed by atoms with Gasteiger partial charge in [-0.1, -0.05) is 30.3 Å². The summed E-state index contributed by atoms with van der Waals surface area (Å²) in [6.07, 6.45) is -2.48. The summed E-state index contributed by atoms with van der Waals surface area (Å²) in [4.78, 5) is 23.5. The van der Waals surface area contributed by atoms with Gasteiger partial charge in [0.25, 0.3) is 10.0 Å². The summed E-state index contributed by atoms with van der Waals surface area (Å²) in [6, 6.07) is 15.8. The van der Waals surface area contributed by atoms with E-state index in [1.807, 2.05) is 6.07 Å². The van der Waals surface area contributed by atoms with E-state index < -0.39 is 40.0 Å². The molecule has 0 saturated carbocycles. The third-order valence-corrected chi connectivity index (χ3v) is 7.20. The van der Waals surface area contributed by atoms with Crippen LogP contribution in [-0.2, 0) is 26.2 Å². The number of benzene rings is 3. The Hall–Kier alpha value is -4.16. The Bertz CT molecular complexity index is 1370. The molecule has 2 unspecified atom stereocenters. The van der Waals surface area contributed by atoms with Crippen LogP contribution in [0.4, 0.5) is 20.6 Å². The monoisotopic (exact) mass is 515 g/mol. The zero-order chi connectivity index (χ0) is 25.9. The minimum absolute atomic E-state index is 0.0201. The van der Waals surface area contributed by atoms with E-state index >= 15 is 0 Å². The Labute approximate surface area is 206 Å².